The molecule has 0 atom stereocenters. The zero-order valence-electron chi connectivity index (χ0n) is 20.5. The molecule has 0 bridgehead atoms. The van der Waals surface area contributed by atoms with Gasteiger partial charge in [-0.1, -0.05) is 18.6 Å². The van der Waals surface area contributed by atoms with Crippen molar-refractivity contribution >= 4 is 44.9 Å². The lowest BCUT2D eigenvalue weighted by atomic mass is 9.99. The number of likely N-dealkylation sites (tertiary alicyclic amines) is 1. The summed E-state index contributed by atoms with van der Waals surface area (Å²) in [5.74, 6) is -1.56. The average Bonchev–Trinajstić information content (AvgIpc) is 3.29. The molecule has 3 heterocycles. The first kappa shape index (κ1) is 25.4. The Balaban J connectivity index is 1.16. The van der Waals surface area contributed by atoms with E-state index in [4.69, 9.17) is 0 Å². The van der Waals surface area contributed by atoms with Gasteiger partial charge in [0.1, 0.15) is 11.6 Å². The molecule has 194 valence electrons. The maximum absolute atomic E-state index is 13.9. The first-order valence-corrected chi connectivity index (χ1v) is 13.5. The summed E-state index contributed by atoms with van der Waals surface area (Å²) in [4.78, 5) is 30.3. The van der Waals surface area contributed by atoms with Crippen LogP contribution in [0.15, 0.2) is 53.0 Å². The molecule has 3 aromatic rings. The lowest BCUT2D eigenvalue weighted by Crippen LogP contribution is -2.46. The Morgan fingerprint density at radius 1 is 0.919 bits per heavy atom. The summed E-state index contributed by atoms with van der Waals surface area (Å²) < 4.78 is 14.2. The van der Waals surface area contributed by atoms with Crippen LogP contribution in [0.1, 0.15) is 53.0 Å². The number of carbonyl (C=O) groups excluding carboxylic acids is 2. The van der Waals surface area contributed by atoms with Gasteiger partial charge in [0, 0.05) is 30.5 Å². The molecule has 2 amide bonds. The Morgan fingerprint density at radius 2 is 1.62 bits per heavy atom. The Hall–Kier alpha value is -3.24. The van der Waals surface area contributed by atoms with Crippen LogP contribution in [0.2, 0.25) is 0 Å². The molecule has 0 radical (unpaired) electrons. The quantitative estimate of drug-likeness (QED) is 0.376. The summed E-state index contributed by atoms with van der Waals surface area (Å²) in [6, 6.07) is 14.2. The fourth-order valence-electron chi connectivity index (χ4n) is 5.11. The number of anilines is 3. The van der Waals surface area contributed by atoms with Gasteiger partial charge in [-0.25, -0.2) is 4.39 Å². The number of benzene rings is 2. The number of aromatic nitrogens is 2. The van der Waals surface area contributed by atoms with Gasteiger partial charge >= 0.3 is 0 Å². The lowest BCUT2D eigenvalue weighted by Gasteiger charge is -2.41. The van der Waals surface area contributed by atoms with Crippen LogP contribution in [0.4, 0.5) is 21.6 Å². The first-order valence-electron chi connectivity index (χ1n) is 12.7. The molecule has 2 aliphatic rings. The van der Waals surface area contributed by atoms with Crippen LogP contribution in [-0.2, 0) is 0 Å². The normalized spacial score (nSPS) is 17.0. The predicted octanol–water partition coefficient (Wildman–Crippen LogP) is 5.27. The molecule has 0 spiro atoms. The van der Waals surface area contributed by atoms with Crippen LogP contribution >= 0.6 is 15.9 Å². The molecule has 2 saturated heterocycles. The number of hydrogen-bond acceptors (Lipinski definition) is 5. The van der Waals surface area contributed by atoms with E-state index in [1.807, 2.05) is 24.3 Å². The van der Waals surface area contributed by atoms with Gasteiger partial charge in [0.15, 0.2) is 5.69 Å². The highest BCUT2D eigenvalue weighted by atomic mass is 79.9. The molecule has 0 aliphatic carbocycles. The van der Waals surface area contributed by atoms with E-state index in [1.165, 1.54) is 63.4 Å². The van der Waals surface area contributed by atoms with E-state index in [0.29, 0.717) is 11.7 Å². The molecule has 0 unspecified atom stereocenters. The van der Waals surface area contributed by atoms with Gasteiger partial charge in [-0.2, -0.15) is 5.10 Å². The van der Waals surface area contributed by atoms with Crippen molar-refractivity contribution in [2.45, 2.75) is 38.1 Å². The maximum Gasteiger partial charge on any atom is 0.277 e. The van der Waals surface area contributed by atoms with Crippen molar-refractivity contribution in [2.75, 3.05) is 41.7 Å². The van der Waals surface area contributed by atoms with E-state index in [0.717, 1.165) is 18.8 Å². The zero-order chi connectivity index (χ0) is 25.8. The van der Waals surface area contributed by atoms with Crippen LogP contribution in [0, 0.1) is 5.82 Å². The second-order valence-electron chi connectivity index (χ2n) is 9.51. The van der Waals surface area contributed by atoms with Crippen LogP contribution in [0.25, 0.3) is 0 Å². The van der Waals surface area contributed by atoms with Crippen LogP contribution in [-0.4, -0.2) is 59.1 Å². The molecule has 8 nitrogen and oxygen atoms in total. The highest BCUT2D eigenvalue weighted by Gasteiger charge is 2.26. The van der Waals surface area contributed by atoms with Gasteiger partial charge in [-0.3, -0.25) is 14.7 Å². The maximum atomic E-state index is 13.9. The molecule has 2 aliphatic heterocycles. The molecule has 2 aromatic carbocycles. The minimum Gasteiger partial charge on any atom is -0.371 e. The second kappa shape index (κ2) is 11.4. The minimum atomic E-state index is -0.648. The van der Waals surface area contributed by atoms with Crippen LogP contribution in [0.3, 0.4) is 0 Å². The SMILES string of the molecule is O=C(Nc1[nH]nc(C(=O)Nc2ccc(N3CCC(N4CCCCC4)CC3)cc2)c1Br)c1ccccc1F. The second-order valence-corrected chi connectivity index (χ2v) is 10.3. The number of piperidine rings is 2. The number of rotatable bonds is 6. The number of carbonyl (C=O) groups is 2. The lowest BCUT2D eigenvalue weighted by molar-refractivity contribution is 0.101. The molecule has 1 aromatic heterocycles. The molecule has 5 rings (SSSR count). The molecule has 37 heavy (non-hydrogen) atoms. The zero-order valence-corrected chi connectivity index (χ0v) is 22.1. The Labute approximate surface area is 223 Å². The Morgan fingerprint density at radius 3 is 2.32 bits per heavy atom. The van der Waals surface area contributed by atoms with Gasteiger partial charge in [-0.15, -0.1) is 0 Å². The summed E-state index contributed by atoms with van der Waals surface area (Å²) in [5, 5.41) is 12.0. The smallest absolute Gasteiger partial charge is 0.277 e. The van der Waals surface area contributed by atoms with Crippen LogP contribution in [0.5, 0.6) is 0 Å². The number of hydrogen-bond donors (Lipinski definition) is 3. The number of nitrogens with zero attached hydrogens (tertiary/aromatic N) is 3. The monoisotopic (exact) mass is 568 g/mol. The number of nitrogens with one attached hydrogen (secondary N) is 3. The summed E-state index contributed by atoms with van der Waals surface area (Å²) in [6.45, 7) is 4.55. The van der Waals surface area contributed by atoms with Gasteiger partial charge in [0.2, 0.25) is 0 Å². The van der Waals surface area contributed by atoms with Gasteiger partial charge < -0.3 is 20.4 Å². The van der Waals surface area contributed by atoms with Crippen LogP contribution < -0.4 is 15.5 Å². The molecular formula is C27H30BrFN6O2. The van der Waals surface area contributed by atoms with Gasteiger partial charge in [0.25, 0.3) is 11.8 Å². The predicted molar refractivity (Wildman–Crippen MR) is 146 cm³/mol. The van der Waals surface area contributed by atoms with E-state index in [2.05, 4.69) is 46.6 Å². The van der Waals surface area contributed by atoms with Crippen molar-refractivity contribution in [1.29, 1.82) is 0 Å². The van der Waals surface area contributed by atoms with E-state index in [-0.39, 0.29) is 21.5 Å². The third kappa shape index (κ3) is 5.86. The highest BCUT2D eigenvalue weighted by molar-refractivity contribution is 9.10. The topological polar surface area (TPSA) is 93.4 Å². The van der Waals surface area contributed by atoms with E-state index in [9.17, 15) is 14.0 Å². The van der Waals surface area contributed by atoms with Crippen molar-refractivity contribution in [2.24, 2.45) is 0 Å². The third-order valence-electron chi connectivity index (χ3n) is 7.14. The highest BCUT2D eigenvalue weighted by Crippen LogP contribution is 2.28. The fourth-order valence-corrected chi connectivity index (χ4v) is 5.56. The fraction of sp³-hybridized carbons (Fsp3) is 0.370. The average molecular weight is 569 g/mol. The van der Waals surface area contributed by atoms with Gasteiger partial charge in [0.05, 0.1) is 10.0 Å². The van der Waals surface area contributed by atoms with E-state index >= 15 is 0 Å². The minimum absolute atomic E-state index is 0.0766. The first-order chi connectivity index (χ1) is 18.0. The van der Waals surface area contributed by atoms with Crippen molar-refractivity contribution < 1.29 is 14.0 Å². The molecule has 0 saturated carbocycles. The number of halogens is 2. The summed E-state index contributed by atoms with van der Waals surface area (Å²) in [5.41, 5.74) is 1.76. The Kier molecular flexibility index (Phi) is 7.85. The molecule has 3 N–H and O–H groups in total. The van der Waals surface area contributed by atoms with Gasteiger partial charge in [-0.05, 0) is 91.1 Å². The standard InChI is InChI=1S/C27H30BrFN6O2/c28-23-24(32-33-25(23)31-26(36)21-6-2-3-7-22(21)29)27(37)30-18-8-10-19(11-9-18)35-16-12-20(13-17-35)34-14-4-1-5-15-34/h2-3,6-11,20H,1,4-5,12-17H2,(H,30,37)(H2,31,32,33,36). The third-order valence-corrected chi connectivity index (χ3v) is 7.91. The number of amides is 2. The van der Waals surface area contributed by atoms with Crippen molar-refractivity contribution in [3.63, 3.8) is 0 Å². The summed E-state index contributed by atoms with van der Waals surface area (Å²) >= 11 is 3.31. The molecule has 10 heteroatoms. The molecular weight excluding hydrogens is 539 g/mol. The van der Waals surface area contributed by atoms with Crippen molar-refractivity contribution in [3.05, 3.63) is 70.1 Å². The van der Waals surface area contributed by atoms with E-state index < -0.39 is 17.6 Å². The van der Waals surface area contributed by atoms with Crippen molar-refractivity contribution in [3.8, 4) is 0 Å². The number of aromatic amines is 1. The number of H-pyrrole nitrogens is 1. The molecule has 2 fully saturated rings. The summed E-state index contributed by atoms with van der Waals surface area (Å²) in [6.07, 6.45) is 6.38. The van der Waals surface area contributed by atoms with Crippen molar-refractivity contribution in [1.82, 2.24) is 15.1 Å². The summed E-state index contributed by atoms with van der Waals surface area (Å²) in [7, 11) is 0. The van der Waals surface area contributed by atoms with E-state index in [1.54, 1.807) is 6.07 Å². The largest absolute Gasteiger partial charge is 0.371 e. The Bertz CT molecular complexity index is 1250.